The molecule has 3 rings (SSSR count). The number of aryl methyl sites for hydroxylation is 1. The van der Waals surface area contributed by atoms with Gasteiger partial charge in [-0.25, -0.2) is 4.98 Å². The van der Waals surface area contributed by atoms with Crippen LogP contribution in [0.3, 0.4) is 0 Å². The molecule has 1 aliphatic carbocycles. The van der Waals surface area contributed by atoms with Crippen molar-refractivity contribution in [3.8, 4) is 0 Å². The Balaban J connectivity index is 1.93. The zero-order valence-corrected chi connectivity index (χ0v) is 15.2. The van der Waals surface area contributed by atoms with E-state index in [0.29, 0.717) is 31.4 Å². The molecule has 0 amide bonds. The highest BCUT2D eigenvalue weighted by Crippen LogP contribution is 2.35. The average molecular weight is 347 g/mol. The summed E-state index contributed by atoms with van der Waals surface area (Å²) in [5.74, 6) is 1.33. The molecule has 0 unspecified atom stereocenters. The lowest BCUT2D eigenvalue weighted by Gasteiger charge is -2.21. The summed E-state index contributed by atoms with van der Waals surface area (Å²) in [4.78, 5) is 24.4. The topological polar surface area (TPSA) is 69.2 Å². The highest BCUT2D eigenvalue weighted by atomic mass is 32.1. The lowest BCUT2D eigenvalue weighted by Crippen LogP contribution is -2.32. The average Bonchev–Trinajstić information content (AvgIpc) is 2.84. The maximum absolute atomic E-state index is 12.6. The molecule has 1 aliphatic rings. The predicted octanol–water partition coefficient (Wildman–Crippen LogP) is 2.48. The van der Waals surface area contributed by atoms with Crippen LogP contribution in [-0.2, 0) is 19.4 Å². The van der Waals surface area contributed by atoms with E-state index in [-0.39, 0.29) is 5.56 Å². The minimum Gasteiger partial charge on any atom is -0.392 e. The molecule has 0 aliphatic heterocycles. The number of aliphatic hydroxyl groups is 1. The van der Waals surface area contributed by atoms with E-state index in [4.69, 9.17) is 4.98 Å². The first-order valence-corrected chi connectivity index (χ1v) is 9.34. The van der Waals surface area contributed by atoms with Gasteiger partial charge in [0.05, 0.1) is 18.0 Å². The van der Waals surface area contributed by atoms with Crippen LogP contribution in [0.5, 0.6) is 0 Å². The first kappa shape index (κ1) is 17.3. The number of hydrogen-bond acceptors (Lipinski definition) is 5. The zero-order valence-electron chi connectivity index (χ0n) is 14.3. The van der Waals surface area contributed by atoms with Crippen molar-refractivity contribution in [2.75, 3.05) is 13.1 Å². The van der Waals surface area contributed by atoms with Crippen LogP contribution in [0.25, 0.3) is 10.2 Å². The molecular weight excluding hydrogens is 322 g/mol. The fourth-order valence-corrected chi connectivity index (χ4v) is 4.84. The van der Waals surface area contributed by atoms with Crippen molar-refractivity contribution < 1.29 is 5.11 Å². The van der Waals surface area contributed by atoms with Crippen LogP contribution in [0.4, 0.5) is 0 Å². The number of hydrogen-bond donors (Lipinski definition) is 2. The van der Waals surface area contributed by atoms with E-state index < -0.39 is 6.10 Å². The molecule has 130 valence electrons. The van der Waals surface area contributed by atoms with Gasteiger partial charge in [-0.2, -0.15) is 0 Å². The molecule has 0 saturated carbocycles. The first-order chi connectivity index (χ1) is 11.5. The fourth-order valence-electron chi connectivity index (χ4n) is 3.44. The molecule has 0 bridgehead atoms. The van der Waals surface area contributed by atoms with Gasteiger partial charge in [0.25, 0.3) is 5.56 Å². The molecule has 0 saturated heterocycles. The van der Waals surface area contributed by atoms with Crippen molar-refractivity contribution in [1.82, 2.24) is 14.9 Å². The lowest BCUT2D eigenvalue weighted by molar-refractivity contribution is 0.128. The Kier molecular flexibility index (Phi) is 5.18. The molecule has 2 atom stereocenters. The lowest BCUT2D eigenvalue weighted by atomic mass is 9.89. The van der Waals surface area contributed by atoms with Gasteiger partial charge in [-0.3, -0.25) is 9.69 Å². The number of aromatic nitrogens is 2. The van der Waals surface area contributed by atoms with Gasteiger partial charge in [0.2, 0.25) is 0 Å². The van der Waals surface area contributed by atoms with Crippen LogP contribution in [0.2, 0.25) is 0 Å². The summed E-state index contributed by atoms with van der Waals surface area (Å²) in [6.45, 7) is 9.44. The first-order valence-electron chi connectivity index (χ1n) is 8.52. The van der Waals surface area contributed by atoms with Gasteiger partial charge < -0.3 is 10.1 Å². The molecule has 0 aromatic carbocycles. The van der Waals surface area contributed by atoms with Gasteiger partial charge in [-0.05, 0) is 37.7 Å². The van der Waals surface area contributed by atoms with Gasteiger partial charge in [-0.1, -0.05) is 13.0 Å². The normalized spacial score (nSPS) is 18.8. The highest BCUT2D eigenvalue weighted by Gasteiger charge is 2.23. The van der Waals surface area contributed by atoms with Crippen molar-refractivity contribution in [1.29, 1.82) is 0 Å². The van der Waals surface area contributed by atoms with Crippen LogP contribution in [-0.4, -0.2) is 39.2 Å². The van der Waals surface area contributed by atoms with Crippen LogP contribution >= 0.6 is 11.3 Å². The monoisotopic (exact) mass is 347 g/mol. The van der Waals surface area contributed by atoms with E-state index in [1.165, 1.54) is 10.4 Å². The van der Waals surface area contributed by atoms with E-state index in [1.54, 1.807) is 24.3 Å². The largest absolute Gasteiger partial charge is 0.392 e. The third kappa shape index (κ3) is 3.61. The molecule has 2 N–H and O–H groups in total. The Hall–Kier alpha value is -1.50. The van der Waals surface area contributed by atoms with Crippen molar-refractivity contribution in [2.45, 2.75) is 45.8 Å². The van der Waals surface area contributed by atoms with Crippen molar-refractivity contribution in [2.24, 2.45) is 5.92 Å². The minimum atomic E-state index is -0.434. The maximum atomic E-state index is 12.6. The molecule has 2 aromatic rings. The number of thiophene rings is 1. The second-order valence-corrected chi connectivity index (χ2v) is 7.96. The Bertz CT molecular complexity index is 793. The standard InChI is InChI=1S/C18H25N3O2S/c1-4-7-21(9-12(3)22)10-15-19-17(23)16-13-6-5-11(2)8-14(13)24-18(16)20-15/h4,11-12,22H,1,5-10H2,2-3H3,(H,19,20,23)/t11-,12+/m0/s1. The van der Waals surface area contributed by atoms with Crippen LogP contribution < -0.4 is 5.56 Å². The number of nitrogens with zero attached hydrogens (tertiary/aromatic N) is 2. The van der Waals surface area contributed by atoms with Crippen LogP contribution in [0.15, 0.2) is 17.4 Å². The molecular formula is C18H25N3O2S. The van der Waals surface area contributed by atoms with Gasteiger partial charge in [0.15, 0.2) is 0 Å². The third-order valence-electron chi connectivity index (χ3n) is 4.50. The summed E-state index contributed by atoms with van der Waals surface area (Å²) < 4.78 is 0. The SMILES string of the molecule is C=CCN(Cc1nc2sc3c(c2c(=O)[nH]1)CC[C@H](C)C3)C[C@@H](C)O. The minimum absolute atomic E-state index is 0.0300. The molecule has 0 spiro atoms. The molecule has 0 radical (unpaired) electrons. The number of H-pyrrole nitrogens is 1. The number of nitrogens with one attached hydrogen (secondary N) is 1. The van der Waals surface area contributed by atoms with E-state index in [2.05, 4.69) is 18.5 Å². The van der Waals surface area contributed by atoms with Crippen molar-refractivity contribution >= 4 is 21.6 Å². The quantitative estimate of drug-likeness (QED) is 0.788. The number of aromatic amines is 1. The van der Waals surface area contributed by atoms with Crippen LogP contribution in [0, 0.1) is 5.92 Å². The second-order valence-electron chi connectivity index (χ2n) is 6.88. The summed E-state index contributed by atoms with van der Waals surface area (Å²) in [5.41, 5.74) is 1.18. The van der Waals surface area contributed by atoms with E-state index in [1.807, 2.05) is 4.90 Å². The van der Waals surface area contributed by atoms with Gasteiger partial charge in [-0.15, -0.1) is 17.9 Å². The van der Waals surface area contributed by atoms with E-state index >= 15 is 0 Å². The predicted molar refractivity (Wildman–Crippen MR) is 98.6 cm³/mol. The van der Waals surface area contributed by atoms with Crippen LogP contribution in [0.1, 0.15) is 36.5 Å². The van der Waals surface area contributed by atoms with E-state index in [0.717, 1.165) is 29.5 Å². The van der Waals surface area contributed by atoms with Crippen molar-refractivity contribution in [3.63, 3.8) is 0 Å². The molecule has 24 heavy (non-hydrogen) atoms. The Morgan fingerprint density at radius 3 is 3.08 bits per heavy atom. The highest BCUT2D eigenvalue weighted by molar-refractivity contribution is 7.18. The van der Waals surface area contributed by atoms with Crippen molar-refractivity contribution in [3.05, 3.63) is 39.3 Å². The second kappa shape index (κ2) is 7.17. The molecule has 6 heteroatoms. The summed E-state index contributed by atoms with van der Waals surface area (Å²) in [6.07, 6.45) is 4.53. The van der Waals surface area contributed by atoms with Gasteiger partial charge in [0, 0.05) is 18.0 Å². The summed E-state index contributed by atoms with van der Waals surface area (Å²) in [6, 6.07) is 0. The maximum Gasteiger partial charge on any atom is 0.259 e. The zero-order chi connectivity index (χ0) is 17.3. The Morgan fingerprint density at radius 1 is 1.58 bits per heavy atom. The molecule has 2 heterocycles. The van der Waals surface area contributed by atoms with Gasteiger partial charge >= 0.3 is 0 Å². The number of aliphatic hydroxyl groups excluding tert-OH is 1. The fraction of sp³-hybridized carbons (Fsp3) is 0.556. The molecule has 0 fully saturated rings. The third-order valence-corrected chi connectivity index (χ3v) is 5.65. The summed E-state index contributed by atoms with van der Waals surface area (Å²) in [5, 5.41) is 10.4. The summed E-state index contributed by atoms with van der Waals surface area (Å²) >= 11 is 1.67. The number of rotatable bonds is 6. The Labute approximate surface area is 146 Å². The number of fused-ring (bicyclic) bond motifs is 3. The van der Waals surface area contributed by atoms with Gasteiger partial charge in [0.1, 0.15) is 10.7 Å². The smallest absolute Gasteiger partial charge is 0.259 e. The van der Waals surface area contributed by atoms with E-state index in [9.17, 15) is 9.90 Å². The summed E-state index contributed by atoms with van der Waals surface area (Å²) in [7, 11) is 0. The molecule has 2 aromatic heterocycles. The molecule has 5 nitrogen and oxygen atoms in total. The Morgan fingerprint density at radius 2 is 2.38 bits per heavy atom.